The van der Waals surface area contributed by atoms with E-state index in [0.717, 1.165) is 23.5 Å². The van der Waals surface area contributed by atoms with Gasteiger partial charge in [0.05, 0.1) is 18.2 Å². The minimum absolute atomic E-state index is 0.0867. The van der Waals surface area contributed by atoms with Crippen LogP contribution in [0.1, 0.15) is 69.9 Å². The first kappa shape index (κ1) is 22.6. The number of rotatable bonds is 3. The molecule has 0 radical (unpaired) electrons. The van der Waals surface area contributed by atoms with Crippen molar-refractivity contribution >= 4 is 11.3 Å². The van der Waals surface area contributed by atoms with E-state index < -0.39 is 0 Å². The summed E-state index contributed by atoms with van der Waals surface area (Å²) in [5, 5.41) is 3.71. The van der Waals surface area contributed by atoms with Crippen molar-refractivity contribution in [3.63, 3.8) is 0 Å². The van der Waals surface area contributed by atoms with E-state index in [-0.39, 0.29) is 17.1 Å². The van der Waals surface area contributed by atoms with Gasteiger partial charge in [-0.05, 0) is 66.6 Å². The Balaban J connectivity index is 1.66. The van der Waals surface area contributed by atoms with Gasteiger partial charge in [0.2, 0.25) is 0 Å². The summed E-state index contributed by atoms with van der Waals surface area (Å²) in [4.78, 5) is 0. The normalized spacial score (nSPS) is 18.0. The van der Waals surface area contributed by atoms with Gasteiger partial charge in [0, 0.05) is 23.2 Å². The van der Waals surface area contributed by atoms with Gasteiger partial charge in [-0.3, -0.25) is 0 Å². The summed E-state index contributed by atoms with van der Waals surface area (Å²) in [5.74, 6) is 1.73. The van der Waals surface area contributed by atoms with Crippen molar-refractivity contribution in [2.24, 2.45) is 0 Å². The third-order valence-corrected chi connectivity index (χ3v) is 6.98. The summed E-state index contributed by atoms with van der Waals surface area (Å²) in [5.41, 5.74) is 9.86. The average molecular weight is 454 g/mol. The van der Waals surface area contributed by atoms with E-state index in [4.69, 9.17) is 9.47 Å². The standard InChI is InChI=1S/C31H35NO2/c1-19-18-31(5,6)32-23-16-15-22-28-24(33-7)9-8-10-25(28)34-26(29(22)27(19)23)17-20-11-13-21(14-12-20)30(2,3)4/h8-16,18,26,32H,17H2,1-7H3. The van der Waals surface area contributed by atoms with E-state index in [9.17, 15) is 0 Å². The minimum Gasteiger partial charge on any atom is -0.496 e. The summed E-state index contributed by atoms with van der Waals surface area (Å²) < 4.78 is 12.5. The van der Waals surface area contributed by atoms with Crippen LogP contribution in [0.4, 0.5) is 5.69 Å². The lowest BCUT2D eigenvalue weighted by atomic mass is 9.80. The Morgan fingerprint density at radius 1 is 0.971 bits per heavy atom. The second kappa shape index (κ2) is 7.94. The topological polar surface area (TPSA) is 30.5 Å². The van der Waals surface area contributed by atoms with Crippen molar-refractivity contribution in [2.75, 3.05) is 12.4 Å². The van der Waals surface area contributed by atoms with Crippen LogP contribution in [0.15, 0.2) is 60.7 Å². The van der Waals surface area contributed by atoms with Crippen LogP contribution < -0.4 is 14.8 Å². The molecule has 1 atom stereocenters. The molecule has 3 aromatic rings. The summed E-state index contributed by atoms with van der Waals surface area (Å²) in [7, 11) is 1.73. The number of ether oxygens (including phenoxy) is 2. The molecule has 0 aliphatic carbocycles. The summed E-state index contributed by atoms with van der Waals surface area (Å²) in [6.07, 6.45) is 3.04. The maximum absolute atomic E-state index is 6.73. The maximum Gasteiger partial charge on any atom is 0.131 e. The van der Waals surface area contributed by atoms with Crippen LogP contribution in [-0.4, -0.2) is 12.6 Å². The van der Waals surface area contributed by atoms with E-state index in [1.165, 1.54) is 39.1 Å². The first-order valence-electron chi connectivity index (χ1n) is 12.2. The van der Waals surface area contributed by atoms with Gasteiger partial charge in [-0.2, -0.15) is 0 Å². The van der Waals surface area contributed by atoms with Crippen LogP contribution in [0, 0.1) is 0 Å². The Hall–Kier alpha value is -3.20. The fourth-order valence-electron chi connectivity index (χ4n) is 5.45. The lowest BCUT2D eigenvalue weighted by Crippen LogP contribution is -2.32. The molecule has 0 saturated carbocycles. The number of hydrogen-bond acceptors (Lipinski definition) is 3. The number of hydrogen-bond donors (Lipinski definition) is 1. The molecule has 1 unspecified atom stereocenters. The lowest BCUT2D eigenvalue weighted by Gasteiger charge is -2.37. The summed E-state index contributed by atoms with van der Waals surface area (Å²) in [6.45, 7) is 13.4. The number of allylic oxidation sites excluding steroid dienone is 1. The molecule has 0 spiro atoms. The van der Waals surface area contributed by atoms with E-state index in [2.05, 4.69) is 95.4 Å². The van der Waals surface area contributed by atoms with Crippen LogP contribution in [0.25, 0.3) is 16.7 Å². The van der Waals surface area contributed by atoms with E-state index in [1.807, 2.05) is 12.1 Å². The highest BCUT2D eigenvalue weighted by Crippen LogP contribution is 2.52. The molecule has 5 rings (SSSR count). The quantitative estimate of drug-likeness (QED) is 0.436. The van der Waals surface area contributed by atoms with Crippen LogP contribution >= 0.6 is 0 Å². The monoisotopic (exact) mass is 453 g/mol. The third-order valence-electron chi connectivity index (χ3n) is 6.98. The summed E-state index contributed by atoms with van der Waals surface area (Å²) in [6, 6.07) is 19.5. The predicted octanol–water partition coefficient (Wildman–Crippen LogP) is 7.94. The second-order valence-corrected chi connectivity index (χ2v) is 11.2. The van der Waals surface area contributed by atoms with Crippen molar-refractivity contribution in [3.05, 3.63) is 82.9 Å². The van der Waals surface area contributed by atoms with Gasteiger partial charge in [0.15, 0.2) is 0 Å². The van der Waals surface area contributed by atoms with Gasteiger partial charge in [0.25, 0.3) is 0 Å². The molecule has 0 bridgehead atoms. The van der Waals surface area contributed by atoms with Crippen molar-refractivity contribution in [1.82, 2.24) is 0 Å². The van der Waals surface area contributed by atoms with E-state index >= 15 is 0 Å². The largest absolute Gasteiger partial charge is 0.496 e. The van der Waals surface area contributed by atoms with Crippen LogP contribution in [0.5, 0.6) is 11.5 Å². The second-order valence-electron chi connectivity index (χ2n) is 11.2. The SMILES string of the molecule is COc1cccc2c1-c1ccc3c(c1C(Cc1ccc(C(C)(C)C)cc1)O2)C(C)=CC(C)(C)N3. The van der Waals surface area contributed by atoms with Crippen LogP contribution in [0.3, 0.4) is 0 Å². The number of methoxy groups -OCH3 is 1. The Morgan fingerprint density at radius 2 is 1.71 bits per heavy atom. The molecule has 3 nitrogen and oxygen atoms in total. The molecule has 0 saturated heterocycles. The fourth-order valence-corrected chi connectivity index (χ4v) is 5.45. The molecule has 2 heterocycles. The molecular weight excluding hydrogens is 418 g/mol. The van der Waals surface area contributed by atoms with Gasteiger partial charge in [-0.1, -0.05) is 63.2 Å². The Bertz CT molecular complexity index is 1280. The van der Waals surface area contributed by atoms with Crippen LogP contribution in [-0.2, 0) is 11.8 Å². The first-order valence-corrected chi connectivity index (χ1v) is 12.2. The van der Waals surface area contributed by atoms with E-state index in [0.29, 0.717) is 0 Å². The van der Waals surface area contributed by atoms with Crippen molar-refractivity contribution in [2.45, 2.75) is 65.0 Å². The molecule has 0 aromatic heterocycles. The zero-order chi connectivity index (χ0) is 24.3. The third kappa shape index (κ3) is 3.87. The van der Waals surface area contributed by atoms with Gasteiger partial charge in [-0.25, -0.2) is 0 Å². The molecule has 2 aliphatic heterocycles. The minimum atomic E-state index is -0.0886. The van der Waals surface area contributed by atoms with Gasteiger partial charge < -0.3 is 14.8 Å². The number of benzene rings is 3. The maximum atomic E-state index is 6.73. The number of nitrogens with one attached hydrogen (secondary N) is 1. The molecule has 0 fully saturated rings. The zero-order valence-electron chi connectivity index (χ0n) is 21.4. The highest BCUT2D eigenvalue weighted by molar-refractivity contribution is 5.91. The Kier molecular flexibility index (Phi) is 5.27. The number of fused-ring (bicyclic) bond motifs is 5. The van der Waals surface area contributed by atoms with Gasteiger partial charge in [-0.15, -0.1) is 0 Å². The molecule has 3 heteroatoms. The highest BCUT2D eigenvalue weighted by atomic mass is 16.5. The summed E-state index contributed by atoms with van der Waals surface area (Å²) >= 11 is 0. The van der Waals surface area contributed by atoms with Gasteiger partial charge >= 0.3 is 0 Å². The smallest absolute Gasteiger partial charge is 0.131 e. The van der Waals surface area contributed by atoms with Crippen molar-refractivity contribution in [3.8, 4) is 22.6 Å². The lowest BCUT2D eigenvalue weighted by molar-refractivity contribution is 0.201. The zero-order valence-corrected chi connectivity index (χ0v) is 21.4. The molecular formula is C31H35NO2. The highest BCUT2D eigenvalue weighted by Gasteiger charge is 2.35. The van der Waals surface area contributed by atoms with Gasteiger partial charge in [0.1, 0.15) is 17.6 Å². The molecule has 2 aliphatic rings. The predicted molar refractivity (Wildman–Crippen MR) is 142 cm³/mol. The average Bonchev–Trinajstić information content (AvgIpc) is 2.77. The number of anilines is 1. The molecule has 176 valence electrons. The molecule has 1 N–H and O–H groups in total. The molecule has 0 amide bonds. The van der Waals surface area contributed by atoms with Crippen LogP contribution in [0.2, 0.25) is 0 Å². The first-order chi connectivity index (χ1) is 16.1. The van der Waals surface area contributed by atoms with E-state index in [1.54, 1.807) is 7.11 Å². The molecule has 3 aromatic carbocycles. The van der Waals surface area contributed by atoms with Crippen molar-refractivity contribution < 1.29 is 9.47 Å². The molecule has 34 heavy (non-hydrogen) atoms. The fraction of sp³-hybridized carbons (Fsp3) is 0.355. The van der Waals surface area contributed by atoms with Crippen molar-refractivity contribution in [1.29, 1.82) is 0 Å². The Labute approximate surface area is 203 Å². The Morgan fingerprint density at radius 3 is 2.38 bits per heavy atom.